The SMILES string of the molecule is COc1cccc(Oc2c(CN(CC(C)C)CC(O)COc3ccccc3)c(-c3ccccc3)nn2C)c1. The number of methoxy groups -OCH3 is 1. The minimum Gasteiger partial charge on any atom is -0.497 e. The lowest BCUT2D eigenvalue weighted by Crippen LogP contribution is -2.37. The van der Waals surface area contributed by atoms with E-state index in [9.17, 15) is 5.11 Å². The summed E-state index contributed by atoms with van der Waals surface area (Å²) in [4.78, 5) is 2.24. The summed E-state index contributed by atoms with van der Waals surface area (Å²) in [6, 6.07) is 27.2. The van der Waals surface area contributed by atoms with Crippen LogP contribution in [0, 0.1) is 5.92 Å². The van der Waals surface area contributed by atoms with E-state index in [1.165, 1.54) is 0 Å². The number of aliphatic hydroxyl groups excluding tert-OH is 1. The van der Waals surface area contributed by atoms with Gasteiger partial charge in [-0.05, 0) is 30.2 Å². The Labute approximate surface area is 225 Å². The molecule has 1 N–H and O–H groups in total. The molecule has 0 aliphatic carbocycles. The van der Waals surface area contributed by atoms with Crippen molar-refractivity contribution in [2.24, 2.45) is 13.0 Å². The summed E-state index contributed by atoms with van der Waals surface area (Å²) in [7, 11) is 3.53. The number of nitrogens with zero attached hydrogens (tertiary/aromatic N) is 3. The molecule has 4 rings (SSSR count). The Bertz CT molecular complexity index is 1280. The Hall–Kier alpha value is -3.81. The van der Waals surface area contributed by atoms with Gasteiger partial charge in [-0.3, -0.25) is 4.90 Å². The fourth-order valence-electron chi connectivity index (χ4n) is 4.43. The molecule has 0 aliphatic rings. The van der Waals surface area contributed by atoms with Gasteiger partial charge in [0.2, 0.25) is 5.88 Å². The Kier molecular flexibility index (Phi) is 9.40. The van der Waals surface area contributed by atoms with Crippen LogP contribution >= 0.6 is 0 Å². The van der Waals surface area contributed by atoms with E-state index in [0.717, 1.165) is 34.9 Å². The molecule has 0 saturated heterocycles. The molecular weight excluding hydrogens is 478 g/mol. The third-order valence-corrected chi connectivity index (χ3v) is 6.05. The van der Waals surface area contributed by atoms with Gasteiger partial charge < -0.3 is 19.3 Å². The van der Waals surface area contributed by atoms with Crippen molar-refractivity contribution in [1.29, 1.82) is 0 Å². The number of aromatic nitrogens is 2. The van der Waals surface area contributed by atoms with Gasteiger partial charge in [-0.1, -0.05) is 68.4 Å². The number of rotatable bonds is 13. The second-order valence-corrected chi connectivity index (χ2v) is 9.77. The molecule has 200 valence electrons. The second-order valence-electron chi connectivity index (χ2n) is 9.77. The highest BCUT2D eigenvalue weighted by Gasteiger charge is 2.24. The van der Waals surface area contributed by atoms with Gasteiger partial charge in [-0.15, -0.1) is 0 Å². The minimum absolute atomic E-state index is 0.213. The first-order valence-corrected chi connectivity index (χ1v) is 12.9. The van der Waals surface area contributed by atoms with Gasteiger partial charge in [-0.2, -0.15) is 5.10 Å². The van der Waals surface area contributed by atoms with Crippen molar-refractivity contribution >= 4 is 0 Å². The first-order chi connectivity index (χ1) is 18.4. The van der Waals surface area contributed by atoms with Gasteiger partial charge in [0.05, 0.1) is 12.7 Å². The van der Waals surface area contributed by atoms with Crippen molar-refractivity contribution in [2.75, 3.05) is 26.8 Å². The normalized spacial score (nSPS) is 12.1. The highest BCUT2D eigenvalue weighted by Crippen LogP contribution is 2.35. The molecule has 4 aromatic rings. The molecule has 0 radical (unpaired) electrons. The molecule has 1 unspecified atom stereocenters. The summed E-state index contributed by atoms with van der Waals surface area (Å²) < 4.78 is 19.4. The molecule has 0 aliphatic heterocycles. The van der Waals surface area contributed by atoms with E-state index in [1.807, 2.05) is 79.8 Å². The molecule has 1 atom stereocenters. The lowest BCUT2D eigenvalue weighted by atomic mass is 10.1. The standard InChI is InChI=1S/C31H37N3O4/c1-23(2)19-34(20-25(35)22-37-26-14-9-6-10-15-26)21-29-30(24-12-7-5-8-13-24)32-33(3)31(29)38-28-17-11-16-27(18-28)36-4/h5-18,23,25,35H,19-22H2,1-4H3. The van der Waals surface area contributed by atoms with E-state index in [2.05, 4.69) is 30.9 Å². The van der Waals surface area contributed by atoms with Crippen molar-refractivity contribution in [3.05, 3.63) is 90.5 Å². The van der Waals surface area contributed by atoms with Crippen LogP contribution in [-0.2, 0) is 13.6 Å². The fraction of sp³-hybridized carbons (Fsp3) is 0.323. The molecule has 0 spiro atoms. The molecule has 1 aromatic heterocycles. The van der Waals surface area contributed by atoms with E-state index < -0.39 is 6.10 Å². The predicted octanol–water partition coefficient (Wildman–Crippen LogP) is 5.79. The number of hydrogen-bond donors (Lipinski definition) is 1. The van der Waals surface area contributed by atoms with Gasteiger partial charge in [0.15, 0.2) is 0 Å². The minimum atomic E-state index is -0.659. The monoisotopic (exact) mass is 515 g/mol. The lowest BCUT2D eigenvalue weighted by Gasteiger charge is -2.27. The van der Waals surface area contributed by atoms with Gasteiger partial charge in [0, 0.05) is 38.3 Å². The first-order valence-electron chi connectivity index (χ1n) is 12.9. The van der Waals surface area contributed by atoms with Crippen LogP contribution in [0.15, 0.2) is 84.9 Å². The Balaban J connectivity index is 1.61. The Morgan fingerprint density at radius 2 is 1.53 bits per heavy atom. The van der Waals surface area contributed by atoms with Crippen molar-refractivity contribution in [1.82, 2.24) is 14.7 Å². The average molecular weight is 516 g/mol. The number of hydrogen-bond acceptors (Lipinski definition) is 6. The van der Waals surface area contributed by atoms with Crippen LogP contribution in [0.25, 0.3) is 11.3 Å². The number of para-hydroxylation sites is 1. The van der Waals surface area contributed by atoms with Gasteiger partial charge in [0.25, 0.3) is 0 Å². The summed E-state index contributed by atoms with van der Waals surface area (Å²) in [5.74, 6) is 3.18. The predicted molar refractivity (Wildman–Crippen MR) is 150 cm³/mol. The van der Waals surface area contributed by atoms with Crippen LogP contribution < -0.4 is 14.2 Å². The molecule has 0 fully saturated rings. The quantitative estimate of drug-likeness (QED) is 0.243. The maximum absolute atomic E-state index is 10.9. The van der Waals surface area contributed by atoms with Gasteiger partial charge in [0.1, 0.15) is 35.7 Å². The summed E-state index contributed by atoms with van der Waals surface area (Å²) in [6.07, 6.45) is -0.659. The maximum Gasteiger partial charge on any atom is 0.222 e. The molecule has 7 nitrogen and oxygen atoms in total. The van der Waals surface area contributed by atoms with E-state index in [1.54, 1.807) is 11.8 Å². The van der Waals surface area contributed by atoms with Gasteiger partial charge >= 0.3 is 0 Å². The largest absolute Gasteiger partial charge is 0.497 e. The van der Waals surface area contributed by atoms with Crippen LogP contribution in [-0.4, -0.2) is 52.7 Å². The van der Waals surface area contributed by atoms with Crippen LogP contribution in [0.3, 0.4) is 0 Å². The zero-order valence-electron chi connectivity index (χ0n) is 22.6. The van der Waals surface area contributed by atoms with E-state index in [4.69, 9.17) is 19.3 Å². The molecule has 0 saturated carbocycles. The molecule has 0 bridgehead atoms. The van der Waals surface area contributed by atoms with Gasteiger partial charge in [-0.25, -0.2) is 4.68 Å². The van der Waals surface area contributed by atoms with Crippen LogP contribution in [0.4, 0.5) is 0 Å². The Morgan fingerprint density at radius 1 is 0.868 bits per heavy atom. The Morgan fingerprint density at radius 3 is 2.21 bits per heavy atom. The topological polar surface area (TPSA) is 69.0 Å². The number of ether oxygens (including phenoxy) is 3. The summed E-state index contributed by atoms with van der Waals surface area (Å²) in [6.45, 7) is 6.36. The summed E-state index contributed by atoms with van der Waals surface area (Å²) in [5.41, 5.74) is 2.82. The summed E-state index contributed by atoms with van der Waals surface area (Å²) in [5, 5.41) is 15.7. The zero-order valence-corrected chi connectivity index (χ0v) is 22.6. The summed E-state index contributed by atoms with van der Waals surface area (Å²) >= 11 is 0. The molecule has 3 aromatic carbocycles. The second kappa shape index (κ2) is 13.1. The van der Waals surface area contributed by atoms with E-state index in [-0.39, 0.29) is 6.61 Å². The molecule has 7 heteroatoms. The lowest BCUT2D eigenvalue weighted by molar-refractivity contribution is 0.0613. The first kappa shape index (κ1) is 27.2. The van der Waals surface area contributed by atoms with Crippen LogP contribution in [0.5, 0.6) is 23.1 Å². The molecular formula is C31H37N3O4. The number of aryl methyl sites for hydroxylation is 1. The van der Waals surface area contributed by atoms with Crippen molar-refractivity contribution < 1.29 is 19.3 Å². The fourth-order valence-corrected chi connectivity index (χ4v) is 4.43. The van der Waals surface area contributed by atoms with Crippen molar-refractivity contribution in [2.45, 2.75) is 26.5 Å². The third kappa shape index (κ3) is 7.37. The van der Waals surface area contributed by atoms with Crippen molar-refractivity contribution in [3.63, 3.8) is 0 Å². The highest BCUT2D eigenvalue weighted by atomic mass is 16.5. The van der Waals surface area contributed by atoms with E-state index in [0.29, 0.717) is 30.6 Å². The molecule has 1 heterocycles. The highest BCUT2D eigenvalue weighted by molar-refractivity contribution is 5.65. The smallest absolute Gasteiger partial charge is 0.222 e. The van der Waals surface area contributed by atoms with E-state index >= 15 is 0 Å². The average Bonchev–Trinajstić information content (AvgIpc) is 3.22. The molecule has 0 amide bonds. The van der Waals surface area contributed by atoms with Crippen molar-refractivity contribution in [3.8, 4) is 34.4 Å². The van der Waals surface area contributed by atoms with Crippen LogP contribution in [0.1, 0.15) is 19.4 Å². The zero-order chi connectivity index (χ0) is 26.9. The van der Waals surface area contributed by atoms with Crippen LogP contribution in [0.2, 0.25) is 0 Å². The third-order valence-electron chi connectivity index (χ3n) is 6.05. The molecule has 38 heavy (non-hydrogen) atoms. The number of benzene rings is 3. The number of aliphatic hydroxyl groups is 1. The maximum atomic E-state index is 10.9.